The van der Waals surface area contributed by atoms with E-state index in [1.807, 2.05) is 14.1 Å². The van der Waals surface area contributed by atoms with E-state index in [4.69, 9.17) is 9.47 Å². The average Bonchev–Trinajstić information content (AvgIpc) is 2.97. The molecular formula is C22H27BrN2O2. The van der Waals surface area contributed by atoms with Gasteiger partial charge in [-0.25, -0.2) is 4.99 Å². The Hall–Kier alpha value is -1.85. The zero-order valence-electron chi connectivity index (χ0n) is 16.8. The zero-order valence-corrected chi connectivity index (χ0v) is 18.4. The number of nitrogens with zero attached hydrogens (tertiary/aromatic N) is 2. The van der Waals surface area contributed by atoms with Gasteiger partial charge in [0.05, 0.1) is 5.54 Å². The minimum Gasteiger partial charge on any atom is -0.475 e. The van der Waals surface area contributed by atoms with Gasteiger partial charge in [0, 0.05) is 36.9 Å². The summed E-state index contributed by atoms with van der Waals surface area (Å²) < 4.78 is 12.7. The van der Waals surface area contributed by atoms with Crippen LogP contribution in [0.2, 0.25) is 0 Å². The van der Waals surface area contributed by atoms with Crippen molar-refractivity contribution in [3.63, 3.8) is 0 Å². The van der Waals surface area contributed by atoms with E-state index in [0.717, 1.165) is 38.3 Å². The summed E-state index contributed by atoms with van der Waals surface area (Å²) >= 11 is 3.71. The van der Waals surface area contributed by atoms with Crippen molar-refractivity contribution < 1.29 is 9.47 Å². The van der Waals surface area contributed by atoms with Gasteiger partial charge >= 0.3 is 0 Å². The molecule has 1 aliphatic heterocycles. The van der Waals surface area contributed by atoms with Crippen LogP contribution >= 0.6 is 15.9 Å². The Kier molecular flexibility index (Phi) is 5.63. The summed E-state index contributed by atoms with van der Waals surface area (Å²) in [7, 11) is 5.82. The van der Waals surface area contributed by atoms with Gasteiger partial charge in [0.25, 0.3) is 0 Å². The van der Waals surface area contributed by atoms with E-state index in [1.54, 1.807) is 7.11 Å². The van der Waals surface area contributed by atoms with Gasteiger partial charge < -0.3 is 14.4 Å². The van der Waals surface area contributed by atoms with Crippen LogP contribution in [0.1, 0.15) is 42.2 Å². The maximum atomic E-state index is 5.88. The second-order valence-corrected chi connectivity index (χ2v) is 8.66. The molecule has 0 spiro atoms. The van der Waals surface area contributed by atoms with Crippen molar-refractivity contribution in [1.29, 1.82) is 0 Å². The van der Waals surface area contributed by atoms with Crippen LogP contribution in [-0.2, 0) is 9.47 Å². The van der Waals surface area contributed by atoms with Crippen molar-refractivity contribution in [2.75, 3.05) is 32.7 Å². The molecular weight excluding hydrogens is 404 g/mol. The van der Waals surface area contributed by atoms with Gasteiger partial charge in [0.2, 0.25) is 5.90 Å². The quantitative estimate of drug-likeness (QED) is 0.660. The Bertz CT molecular complexity index is 875. The van der Waals surface area contributed by atoms with Crippen molar-refractivity contribution in [1.82, 2.24) is 0 Å². The van der Waals surface area contributed by atoms with E-state index >= 15 is 0 Å². The first-order valence-corrected chi connectivity index (χ1v) is 9.84. The third-order valence-electron chi connectivity index (χ3n) is 4.78. The summed E-state index contributed by atoms with van der Waals surface area (Å²) in [6, 6.07) is 12.7. The number of rotatable bonds is 5. The first-order chi connectivity index (χ1) is 12.7. The van der Waals surface area contributed by atoms with E-state index in [0.29, 0.717) is 6.61 Å². The topological polar surface area (TPSA) is 34.1 Å². The van der Waals surface area contributed by atoms with Gasteiger partial charge in [0.1, 0.15) is 12.7 Å². The van der Waals surface area contributed by atoms with Crippen molar-refractivity contribution >= 4 is 27.5 Å². The van der Waals surface area contributed by atoms with Crippen LogP contribution in [0.3, 0.4) is 0 Å². The summed E-state index contributed by atoms with van der Waals surface area (Å²) in [5.74, 6) is 0.722. The third-order valence-corrected chi connectivity index (χ3v) is 5.47. The smallest absolute Gasteiger partial charge is 0.216 e. The molecule has 3 rings (SSSR count). The predicted octanol–water partition coefficient (Wildman–Crippen LogP) is 5.11. The van der Waals surface area contributed by atoms with Crippen molar-refractivity contribution in [3.8, 4) is 0 Å². The lowest BCUT2D eigenvalue weighted by Crippen LogP contribution is -2.17. The largest absolute Gasteiger partial charge is 0.475 e. The number of ether oxygens (including phenoxy) is 2. The number of hydrogen-bond donors (Lipinski definition) is 0. The summed E-state index contributed by atoms with van der Waals surface area (Å²) in [6.07, 6.45) is -0.146. The molecule has 0 radical (unpaired) electrons. The Labute approximate surface area is 170 Å². The number of hydrogen-bond acceptors (Lipinski definition) is 4. The molecule has 0 bridgehead atoms. The molecule has 0 fully saturated rings. The van der Waals surface area contributed by atoms with Crippen LogP contribution in [-0.4, -0.2) is 39.2 Å². The maximum absolute atomic E-state index is 5.88. The average molecular weight is 431 g/mol. The van der Waals surface area contributed by atoms with Crippen LogP contribution in [0.4, 0.5) is 5.69 Å². The second-order valence-electron chi connectivity index (χ2n) is 7.81. The number of benzene rings is 2. The van der Waals surface area contributed by atoms with Crippen molar-refractivity contribution in [2.45, 2.75) is 32.4 Å². The van der Waals surface area contributed by atoms with Crippen molar-refractivity contribution in [2.24, 2.45) is 4.99 Å². The van der Waals surface area contributed by atoms with Gasteiger partial charge in [-0.15, -0.1) is 0 Å². The van der Waals surface area contributed by atoms with Crippen molar-refractivity contribution in [3.05, 3.63) is 63.1 Å². The van der Waals surface area contributed by atoms with E-state index in [2.05, 4.69) is 83.0 Å². The summed E-state index contributed by atoms with van der Waals surface area (Å²) in [4.78, 5) is 6.76. The van der Waals surface area contributed by atoms with Gasteiger partial charge in [-0.3, -0.25) is 0 Å². The van der Waals surface area contributed by atoms with Crippen LogP contribution < -0.4 is 4.90 Å². The summed E-state index contributed by atoms with van der Waals surface area (Å²) in [5.41, 5.74) is 5.40. The molecule has 0 saturated heterocycles. The highest BCUT2D eigenvalue weighted by Crippen LogP contribution is 2.35. The predicted molar refractivity (Wildman–Crippen MR) is 115 cm³/mol. The zero-order chi connectivity index (χ0) is 19.8. The minimum absolute atomic E-state index is 0.146. The van der Waals surface area contributed by atoms with Gasteiger partial charge in [0.15, 0.2) is 0 Å². The molecule has 4 nitrogen and oxygen atoms in total. The number of methoxy groups -OCH3 is 1. The Morgan fingerprint density at radius 1 is 1.15 bits per heavy atom. The fraction of sp³-hybridized carbons (Fsp3) is 0.409. The molecule has 0 aromatic heterocycles. The monoisotopic (exact) mass is 430 g/mol. The lowest BCUT2D eigenvalue weighted by atomic mass is 9.95. The molecule has 2 aromatic rings. The highest BCUT2D eigenvalue weighted by atomic mass is 79.9. The molecule has 5 heteroatoms. The number of halogens is 1. The SMILES string of the molecule is COC(c1ccc(C2=NC(C)(C)CO2)cc1C)c1ccc(N(C)C)cc1Br. The molecule has 1 heterocycles. The van der Waals surface area contributed by atoms with Crippen LogP contribution in [0.25, 0.3) is 0 Å². The molecule has 1 unspecified atom stereocenters. The fourth-order valence-corrected chi connectivity index (χ4v) is 3.84. The minimum atomic E-state index is -0.157. The maximum Gasteiger partial charge on any atom is 0.216 e. The Morgan fingerprint density at radius 3 is 2.37 bits per heavy atom. The third kappa shape index (κ3) is 4.19. The molecule has 0 N–H and O–H groups in total. The molecule has 1 aliphatic rings. The molecule has 0 aliphatic carbocycles. The van der Waals surface area contributed by atoms with E-state index < -0.39 is 0 Å². The Balaban J connectivity index is 1.95. The summed E-state index contributed by atoms with van der Waals surface area (Å²) in [5, 5.41) is 0. The Morgan fingerprint density at radius 2 is 1.85 bits per heavy atom. The normalized spacial score (nSPS) is 16.6. The number of anilines is 1. The first-order valence-electron chi connectivity index (χ1n) is 9.05. The van der Waals surface area contributed by atoms with Crippen LogP contribution in [0.15, 0.2) is 45.9 Å². The molecule has 0 amide bonds. The second kappa shape index (κ2) is 7.64. The van der Waals surface area contributed by atoms with Crippen LogP contribution in [0, 0.1) is 6.92 Å². The van der Waals surface area contributed by atoms with Gasteiger partial charge in [-0.2, -0.15) is 0 Å². The van der Waals surface area contributed by atoms with E-state index in [9.17, 15) is 0 Å². The first kappa shape index (κ1) is 19.9. The summed E-state index contributed by atoms with van der Waals surface area (Å²) in [6.45, 7) is 6.89. The molecule has 27 heavy (non-hydrogen) atoms. The standard InChI is InChI=1S/C22H27BrN2O2/c1-14-11-15(21-24-22(2,3)13-27-21)7-9-17(14)20(26-6)18-10-8-16(25(4)5)12-19(18)23/h7-12,20H,13H2,1-6H3. The fourth-order valence-electron chi connectivity index (χ4n) is 3.26. The molecule has 0 saturated carbocycles. The van der Waals surface area contributed by atoms with Gasteiger partial charge in [-0.05, 0) is 61.7 Å². The number of aliphatic imine (C=N–C) groups is 1. The lowest BCUT2D eigenvalue weighted by molar-refractivity contribution is 0.135. The molecule has 144 valence electrons. The molecule has 2 aromatic carbocycles. The van der Waals surface area contributed by atoms with E-state index in [-0.39, 0.29) is 11.6 Å². The van der Waals surface area contributed by atoms with E-state index in [1.165, 1.54) is 0 Å². The highest BCUT2D eigenvalue weighted by Gasteiger charge is 2.27. The van der Waals surface area contributed by atoms with Crippen LogP contribution in [0.5, 0.6) is 0 Å². The molecule has 1 atom stereocenters. The van der Waals surface area contributed by atoms with Gasteiger partial charge in [-0.1, -0.05) is 28.1 Å². The lowest BCUT2D eigenvalue weighted by Gasteiger charge is -2.22. The number of aryl methyl sites for hydroxylation is 1. The highest BCUT2D eigenvalue weighted by molar-refractivity contribution is 9.10.